The topological polar surface area (TPSA) is 92.5 Å². The number of nitrogens with zero attached hydrogens (tertiary/aromatic N) is 2. The van der Waals surface area contributed by atoms with Crippen molar-refractivity contribution in [2.24, 2.45) is 0 Å². The summed E-state index contributed by atoms with van der Waals surface area (Å²) in [5, 5.41) is 3.13. The smallest absolute Gasteiger partial charge is 0.293 e. The number of carbonyl (C=O) groups is 1. The third-order valence-corrected chi connectivity index (χ3v) is 6.90. The molecule has 0 fully saturated rings. The van der Waals surface area contributed by atoms with Crippen molar-refractivity contribution in [2.45, 2.75) is 17.9 Å². The van der Waals surface area contributed by atoms with E-state index in [4.69, 9.17) is 4.42 Å². The Morgan fingerprint density at radius 3 is 2.73 bits per heavy atom. The fraction of sp³-hybridized carbons (Fsp3) is 0.176. The van der Waals surface area contributed by atoms with Gasteiger partial charge in [-0.3, -0.25) is 10.1 Å². The number of rotatable bonds is 4. The highest BCUT2D eigenvalue weighted by Crippen LogP contribution is 2.31. The molecule has 1 N–H and O–H groups in total. The van der Waals surface area contributed by atoms with E-state index in [1.54, 1.807) is 42.5 Å². The number of nitrogens with one attached hydrogen (secondary N) is 1. The summed E-state index contributed by atoms with van der Waals surface area (Å²) in [6.45, 7) is 0.611. The summed E-state index contributed by atoms with van der Waals surface area (Å²) in [5.74, 6) is -0.179. The standard InChI is InChI=1S/C17H15N3O4S2/c21-16(14-7-4-10-24-14)19-17-18-13-8-9-20(11-15(13)25-17)26(22,23)12-5-2-1-3-6-12/h1-7,10H,8-9,11H2,(H,18,19,21). The fourth-order valence-corrected chi connectivity index (χ4v) is 5.27. The van der Waals surface area contributed by atoms with Crippen LogP contribution in [0.2, 0.25) is 0 Å². The van der Waals surface area contributed by atoms with Crippen LogP contribution in [-0.2, 0) is 23.0 Å². The van der Waals surface area contributed by atoms with E-state index in [1.165, 1.54) is 21.9 Å². The van der Waals surface area contributed by atoms with Crippen LogP contribution in [0, 0.1) is 0 Å². The molecular formula is C17H15N3O4S2. The fourth-order valence-electron chi connectivity index (χ4n) is 2.74. The molecule has 4 rings (SSSR count). The van der Waals surface area contributed by atoms with Gasteiger partial charge in [0.05, 0.1) is 23.4 Å². The molecule has 1 amide bonds. The van der Waals surface area contributed by atoms with Gasteiger partial charge in [-0.05, 0) is 24.3 Å². The van der Waals surface area contributed by atoms with Crippen molar-refractivity contribution in [3.05, 3.63) is 65.1 Å². The lowest BCUT2D eigenvalue weighted by Crippen LogP contribution is -2.35. The summed E-state index contributed by atoms with van der Waals surface area (Å²) in [5.41, 5.74) is 0.823. The predicted octanol–water partition coefficient (Wildman–Crippen LogP) is 2.74. The molecule has 0 bridgehead atoms. The number of fused-ring (bicyclic) bond motifs is 1. The van der Waals surface area contributed by atoms with Gasteiger partial charge in [0.25, 0.3) is 5.91 Å². The number of thiazole rings is 1. The molecule has 0 atom stereocenters. The minimum absolute atomic E-state index is 0.200. The van der Waals surface area contributed by atoms with Gasteiger partial charge in [-0.1, -0.05) is 18.2 Å². The molecule has 134 valence electrons. The van der Waals surface area contributed by atoms with Gasteiger partial charge in [-0.25, -0.2) is 13.4 Å². The van der Waals surface area contributed by atoms with Gasteiger partial charge >= 0.3 is 0 Å². The van der Waals surface area contributed by atoms with Crippen LogP contribution < -0.4 is 5.32 Å². The summed E-state index contributed by atoms with van der Waals surface area (Å²) in [7, 11) is -3.54. The summed E-state index contributed by atoms with van der Waals surface area (Å²) >= 11 is 1.29. The third kappa shape index (κ3) is 3.16. The molecule has 0 saturated heterocycles. The lowest BCUT2D eigenvalue weighted by molar-refractivity contribution is 0.0996. The number of hydrogen-bond acceptors (Lipinski definition) is 6. The van der Waals surface area contributed by atoms with Crippen molar-refractivity contribution in [3.63, 3.8) is 0 Å². The first-order chi connectivity index (χ1) is 12.5. The summed E-state index contributed by atoms with van der Waals surface area (Å²) < 4.78 is 32.0. The summed E-state index contributed by atoms with van der Waals surface area (Å²) in [6.07, 6.45) is 1.93. The minimum atomic E-state index is -3.54. The molecule has 0 unspecified atom stereocenters. The Labute approximate surface area is 154 Å². The van der Waals surface area contributed by atoms with Crippen molar-refractivity contribution in [3.8, 4) is 0 Å². The average Bonchev–Trinajstić information content (AvgIpc) is 3.31. The van der Waals surface area contributed by atoms with Gasteiger partial charge in [0, 0.05) is 17.8 Å². The van der Waals surface area contributed by atoms with Gasteiger partial charge in [0.2, 0.25) is 10.0 Å². The Bertz CT molecular complexity index is 1030. The maximum Gasteiger partial charge on any atom is 0.293 e. The van der Waals surface area contributed by atoms with E-state index in [1.807, 2.05) is 0 Å². The molecule has 1 aliphatic rings. The number of hydrogen-bond donors (Lipinski definition) is 1. The van der Waals surface area contributed by atoms with E-state index >= 15 is 0 Å². The lowest BCUT2D eigenvalue weighted by atomic mass is 10.2. The molecule has 1 aliphatic heterocycles. The monoisotopic (exact) mass is 389 g/mol. The Hall–Kier alpha value is -2.49. The van der Waals surface area contributed by atoms with Crippen molar-refractivity contribution in [1.29, 1.82) is 0 Å². The Kier molecular flexibility index (Phi) is 4.35. The zero-order valence-electron chi connectivity index (χ0n) is 13.6. The zero-order chi connectivity index (χ0) is 18.1. The number of aromatic nitrogens is 1. The molecule has 0 spiro atoms. The van der Waals surface area contributed by atoms with Crippen LogP contribution >= 0.6 is 11.3 Å². The summed E-state index contributed by atoms with van der Waals surface area (Å²) in [6, 6.07) is 11.6. The first-order valence-corrected chi connectivity index (χ1v) is 10.2. The molecule has 0 radical (unpaired) electrons. The molecule has 1 aromatic carbocycles. The zero-order valence-corrected chi connectivity index (χ0v) is 15.2. The van der Waals surface area contributed by atoms with Gasteiger partial charge in [-0.15, -0.1) is 11.3 Å². The first kappa shape index (κ1) is 17.0. The lowest BCUT2D eigenvalue weighted by Gasteiger charge is -2.25. The van der Waals surface area contributed by atoms with Crippen molar-refractivity contribution < 1.29 is 17.6 Å². The summed E-state index contributed by atoms with van der Waals surface area (Å²) in [4.78, 5) is 17.6. The Morgan fingerprint density at radius 2 is 2.00 bits per heavy atom. The number of amides is 1. The van der Waals surface area contributed by atoms with Gasteiger partial charge in [0.1, 0.15) is 0 Å². The Morgan fingerprint density at radius 1 is 1.19 bits per heavy atom. The van der Waals surface area contributed by atoms with Crippen molar-refractivity contribution >= 4 is 32.4 Å². The molecule has 3 aromatic rings. The highest BCUT2D eigenvalue weighted by Gasteiger charge is 2.30. The van der Waals surface area contributed by atoms with Crippen LogP contribution in [0.25, 0.3) is 0 Å². The quantitative estimate of drug-likeness (QED) is 0.741. The van der Waals surface area contributed by atoms with E-state index in [0.717, 1.165) is 10.6 Å². The van der Waals surface area contributed by atoms with Gasteiger partial charge in [0.15, 0.2) is 10.9 Å². The van der Waals surface area contributed by atoms with Crippen molar-refractivity contribution in [2.75, 3.05) is 11.9 Å². The number of furan rings is 1. The SMILES string of the molecule is O=C(Nc1nc2c(s1)CN(S(=O)(=O)c1ccccc1)CC2)c1ccco1. The van der Waals surface area contributed by atoms with Crippen LogP contribution in [0.4, 0.5) is 5.13 Å². The van der Waals surface area contributed by atoms with E-state index in [-0.39, 0.29) is 23.1 Å². The molecule has 9 heteroatoms. The largest absolute Gasteiger partial charge is 0.459 e. The molecule has 7 nitrogen and oxygen atoms in total. The van der Waals surface area contributed by atoms with Gasteiger partial charge < -0.3 is 4.42 Å². The molecular weight excluding hydrogens is 374 g/mol. The highest BCUT2D eigenvalue weighted by atomic mass is 32.2. The predicted molar refractivity (Wildman–Crippen MR) is 96.5 cm³/mol. The van der Waals surface area contributed by atoms with Crippen LogP contribution in [0.1, 0.15) is 21.1 Å². The number of benzene rings is 1. The molecule has 0 saturated carbocycles. The van der Waals surface area contributed by atoms with E-state index < -0.39 is 10.0 Å². The maximum atomic E-state index is 12.8. The maximum absolute atomic E-state index is 12.8. The second-order valence-electron chi connectivity index (χ2n) is 5.72. The Balaban J connectivity index is 1.53. The normalized spacial score (nSPS) is 14.8. The number of carbonyl (C=O) groups excluding carboxylic acids is 1. The second kappa shape index (κ2) is 6.67. The third-order valence-electron chi connectivity index (χ3n) is 4.04. The molecule has 26 heavy (non-hydrogen) atoms. The van der Waals surface area contributed by atoms with Crippen LogP contribution in [-0.4, -0.2) is 30.2 Å². The molecule has 0 aliphatic carbocycles. The number of sulfonamides is 1. The van der Waals surface area contributed by atoms with Gasteiger partial charge in [-0.2, -0.15) is 4.31 Å². The second-order valence-corrected chi connectivity index (χ2v) is 8.74. The van der Waals surface area contributed by atoms with Crippen molar-refractivity contribution in [1.82, 2.24) is 9.29 Å². The molecule has 3 heterocycles. The van der Waals surface area contributed by atoms with Crippen LogP contribution in [0.5, 0.6) is 0 Å². The molecule has 2 aromatic heterocycles. The van der Waals surface area contributed by atoms with Crippen LogP contribution in [0.3, 0.4) is 0 Å². The average molecular weight is 389 g/mol. The first-order valence-electron chi connectivity index (χ1n) is 7.93. The highest BCUT2D eigenvalue weighted by molar-refractivity contribution is 7.89. The van der Waals surface area contributed by atoms with E-state index in [9.17, 15) is 13.2 Å². The minimum Gasteiger partial charge on any atom is -0.459 e. The van der Waals surface area contributed by atoms with E-state index in [2.05, 4.69) is 10.3 Å². The number of anilines is 1. The van der Waals surface area contributed by atoms with E-state index in [0.29, 0.717) is 18.1 Å². The van der Waals surface area contributed by atoms with Crippen LogP contribution in [0.15, 0.2) is 58.0 Å².